The van der Waals surface area contributed by atoms with Crippen LogP contribution in [0.25, 0.3) is 16.8 Å². The van der Waals surface area contributed by atoms with Gasteiger partial charge in [-0.25, -0.2) is 13.7 Å². The minimum atomic E-state index is -0.553. The SMILES string of the molecule is Cc1c(-c2cc(OC(C)c3ccc(F)cn3)c3c(I)cnn3c2)nn2c1CN(C(=O)OC(C)(C)C)CC2. The van der Waals surface area contributed by atoms with E-state index in [0.29, 0.717) is 31.1 Å². The third-order valence-electron chi connectivity index (χ3n) is 6.17. The predicted octanol–water partition coefficient (Wildman–Crippen LogP) is 5.54. The lowest BCUT2D eigenvalue weighted by Gasteiger charge is -2.30. The van der Waals surface area contributed by atoms with Crippen molar-refractivity contribution in [2.75, 3.05) is 6.54 Å². The Hall–Kier alpha value is -3.22. The van der Waals surface area contributed by atoms with Gasteiger partial charge in [-0.3, -0.25) is 9.67 Å². The van der Waals surface area contributed by atoms with Crippen LogP contribution in [0.3, 0.4) is 0 Å². The lowest BCUT2D eigenvalue weighted by molar-refractivity contribution is 0.0194. The molecule has 0 aliphatic carbocycles. The first kappa shape index (κ1) is 25.4. The van der Waals surface area contributed by atoms with Crippen LogP contribution in [-0.4, -0.2) is 47.5 Å². The van der Waals surface area contributed by atoms with Crippen molar-refractivity contribution in [1.29, 1.82) is 0 Å². The summed E-state index contributed by atoms with van der Waals surface area (Å²) in [7, 11) is 0. The van der Waals surface area contributed by atoms with Gasteiger partial charge in [0.05, 0.1) is 46.1 Å². The molecule has 0 bridgehead atoms. The van der Waals surface area contributed by atoms with Gasteiger partial charge in [-0.05, 0) is 75.4 Å². The number of ether oxygens (including phenoxy) is 2. The average Bonchev–Trinajstić information content (AvgIpc) is 3.38. The molecule has 9 nitrogen and oxygen atoms in total. The summed E-state index contributed by atoms with van der Waals surface area (Å²) < 4.78 is 29.9. The maximum absolute atomic E-state index is 13.4. The molecule has 194 valence electrons. The summed E-state index contributed by atoms with van der Waals surface area (Å²) in [6.07, 6.45) is 4.15. The number of halogens is 2. The van der Waals surface area contributed by atoms with Gasteiger partial charge in [-0.2, -0.15) is 10.2 Å². The molecule has 0 N–H and O–H groups in total. The van der Waals surface area contributed by atoms with E-state index >= 15 is 0 Å². The maximum Gasteiger partial charge on any atom is 0.410 e. The van der Waals surface area contributed by atoms with Crippen molar-refractivity contribution in [3.05, 3.63) is 63.1 Å². The second kappa shape index (κ2) is 9.58. The van der Waals surface area contributed by atoms with Crippen LogP contribution in [0.15, 0.2) is 36.8 Å². The van der Waals surface area contributed by atoms with Crippen LogP contribution in [0.5, 0.6) is 5.75 Å². The minimum Gasteiger partial charge on any atom is -0.482 e. The number of fused-ring (bicyclic) bond motifs is 2. The zero-order valence-electron chi connectivity index (χ0n) is 21.3. The largest absolute Gasteiger partial charge is 0.482 e. The lowest BCUT2D eigenvalue weighted by Crippen LogP contribution is -2.41. The molecule has 5 heterocycles. The molecule has 37 heavy (non-hydrogen) atoms. The zero-order valence-corrected chi connectivity index (χ0v) is 23.5. The van der Waals surface area contributed by atoms with Crippen LogP contribution in [-0.2, 0) is 17.8 Å². The Balaban J connectivity index is 1.49. The fourth-order valence-electron chi connectivity index (χ4n) is 4.35. The molecule has 0 fully saturated rings. The summed E-state index contributed by atoms with van der Waals surface area (Å²) in [4.78, 5) is 18.5. The van der Waals surface area contributed by atoms with Crippen molar-refractivity contribution < 1.29 is 18.7 Å². The van der Waals surface area contributed by atoms with Gasteiger partial charge in [0, 0.05) is 23.9 Å². The molecule has 0 saturated heterocycles. The van der Waals surface area contributed by atoms with E-state index in [-0.39, 0.29) is 6.09 Å². The molecular weight excluding hydrogens is 590 g/mol. The van der Waals surface area contributed by atoms with Crippen molar-refractivity contribution in [3.63, 3.8) is 0 Å². The van der Waals surface area contributed by atoms with Crippen LogP contribution < -0.4 is 4.74 Å². The lowest BCUT2D eigenvalue weighted by atomic mass is 10.1. The Kier molecular flexibility index (Phi) is 6.59. The summed E-state index contributed by atoms with van der Waals surface area (Å²) in [6.45, 7) is 11.0. The number of amides is 1. The Labute approximate surface area is 227 Å². The number of hydrogen-bond acceptors (Lipinski definition) is 6. The van der Waals surface area contributed by atoms with Crippen LogP contribution in [0.4, 0.5) is 9.18 Å². The normalized spacial score (nSPS) is 14.5. The Morgan fingerprint density at radius 2 is 2.00 bits per heavy atom. The van der Waals surface area contributed by atoms with E-state index in [1.165, 1.54) is 12.3 Å². The number of pyridine rings is 2. The van der Waals surface area contributed by atoms with E-state index in [9.17, 15) is 9.18 Å². The molecular formula is C26H28FIN6O3. The molecule has 1 unspecified atom stereocenters. The number of nitrogens with zero attached hydrogens (tertiary/aromatic N) is 6. The average molecular weight is 618 g/mol. The zero-order chi connectivity index (χ0) is 26.5. The topological polar surface area (TPSA) is 86.8 Å². The van der Waals surface area contributed by atoms with Crippen molar-refractivity contribution in [1.82, 2.24) is 29.3 Å². The van der Waals surface area contributed by atoms with E-state index in [4.69, 9.17) is 14.6 Å². The Morgan fingerprint density at radius 1 is 1.22 bits per heavy atom. The first-order valence-electron chi connectivity index (χ1n) is 12.0. The molecule has 1 amide bonds. The van der Waals surface area contributed by atoms with Crippen molar-refractivity contribution in [2.45, 2.75) is 59.4 Å². The van der Waals surface area contributed by atoms with E-state index in [0.717, 1.165) is 31.6 Å². The van der Waals surface area contributed by atoms with Gasteiger partial charge in [-0.15, -0.1) is 0 Å². The minimum absolute atomic E-state index is 0.326. The molecule has 0 spiro atoms. The molecule has 1 aliphatic rings. The molecule has 11 heteroatoms. The second-order valence-electron chi connectivity index (χ2n) is 10.1. The fourth-order valence-corrected chi connectivity index (χ4v) is 4.99. The van der Waals surface area contributed by atoms with Gasteiger partial charge in [-0.1, -0.05) is 0 Å². The fraction of sp³-hybridized carbons (Fsp3) is 0.385. The number of aromatic nitrogens is 5. The predicted molar refractivity (Wildman–Crippen MR) is 144 cm³/mol. The highest BCUT2D eigenvalue weighted by Crippen LogP contribution is 2.35. The third kappa shape index (κ3) is 5.13. The molecule has 0 aromatic carbocycles. The van der Waals surface area contributed by atoms with Gasteiger partial charge in [0.2, 0.25) is 0 Å². The molecule has 0 saturated carbocycles. The first-order chi connectivity index (χ1) is 17.5. The number of carbonyl (C=O) groups excluding carboxylic acids is 1. The summed E-state index contributed by atoms with van der Waals surface area (Å²) >= 11 is 2.23. The highest BCUT2D eigenvalue weighted by atomic mass is 127. The molecule has 4 aromatic rings. The summed E-state index contributed by atoms with van der Waals surface area (Å²) in [5.41, 5.74) is 4.48. The summed E-state index contributed by atoms with van der Waals surface area (Å²) in [5, 5.41) is 9.37. The van der Waals surface area contributed by atoms with Gasteiger partial charge < -0.3 is 14.4 Å². The van der Waals surface area contributed by atoms with Gasteiger partial charge in [0.1, 0.15) is 28.8 Å². The van der Waals surface area contributed by atoms with Crippen LogP contribution >= 0.6 is 22.6 Å². The standard InChI is InChI=1S/C26H28FIN6O3/c1-15-21-14-32(25(35)37-26(3,4)5)8-9-33(21)31-23(15)17-10-22(24-19(28)12-30-34(24)13-17)36-16(2)20-7-6-18(27)11-29-20/h6-7,10-13,16H,8-9,14H2,1-5H3. The molecule has 4 aromatic heterocycles. The van der Waals surface area contributed by atoms with E-state index in [1.807, 2.05) is 51.6 Å². The number of rotatable bonds is 4. The highest BCUT2D eigenvalue weighted by Gasteiger charge is 2.29. The number of hydrogen-bond donors (Lipinski definition) is 0. The van der Waals surface area contributed by atoms with E-state index in [2.05, 4.69) is 32.7 Å². The quantitative estimate of drug-likeness (QED) is 0.280. The second-order valence-corrected chi connectivity index (χ2v) is 11.2. The molecule has 1 aliphatic heterocycles. The van der Waals surface area contributed by atoms with Crippen molar-refractivity contribution in [3.8, 4) is 17.0 Å². The van der Waals surface area contributed by atoms with Gasteiger partial charge >= 0.3 is 6.09 Å². The van der Waals surface area contributed by atoms with Crippen LogP contribution in [0.1, 0.15) is 50.8 Å². The van der Waals surface area contributed by atoms with Crippen LogP contribution in [0.2, 0.25) is 0 Å². The van der Waals surface area contributed by atoms with Crippen molar-refractivity contribution >= 4 is 34.2 Å². The van der Waals surface area contributed by atoms with E-state index < -0.39 is 17.5 Å². The highest BCUT2D eigenvalue weighted by molar-refractivity contribution is 14.1. The van der Waals surface area contributed by atoms with E-state index in [1.54, 1.807) is 21.7 Å². The van der Waals surface area contributed by atoms with Crippen molar-refractivity contribution in [2.24, 2.45) is 0 Å². The monoisotopic (exact) mass is 618 g/mol. The first-order valence-corrected chi connectivity index (χ1v) is 13.1. The summed E-state index contributed by atoms with van der Waals surface area (Å²) in [5.74, 6) is 0.230. The number of carbonyl (C=O) groups is 1. The van der Waals surface area contributed by atoms with Gasteiger partial charge in [0.25, 0.3) is 0 Å². The molecule has 0 radical (unpaired) electrons. The van der Waals surface area contributed by atoms with Gasteiger partial charge in [0.15, 0.2) is 0 Å². The molecule has 5 rings (SSSR count). The molecule has 1 atom stereocenters. The summed E-state index contributed by atoms with van der Waals surface area (Å²) in [6, 6.07) is 4.94. The maximum atomic E-state index is 13.4. The Morgan fingerprint density at radius 3 is 2.70 bits per heavy atom. The Bertz CT molecular complexity index is 1470. The van der Waals surface area contributed by atoms with Crippen LogP contribution in [0, 0.1) is 16.3 Å². The smallest absolute Gasteiger partial charge is 0.410 e. The third-order valence-corrected chi connectivity index (χ3v) is 6.96.